The molecule has 0 bridgehead atoms. The Morgan fingerprint density at radius 3 is 2.07 bits per heavy atom. The lowest BCUT2D eigenvalue weighted by Crippen LogP contribution is -2.42. The van der Waals surface area contributed by atoms with E-state index in [0.29, 0.717) is 8.96 Å². The number of rotatable bonds is 1. The maximum atomic E-state index is 9.86. The van der Waals surface area contributed by atoms with Crippen LogP contribution in [0.15, 0.2) is 19.0 Å². The lowest BCUT2D eigenvalue weighted by Gasteiger charge is -2.34. The molecule has 86 valence electrons. The molecule has 1 aliphatic rings. The van der Waals surface area contributed by atoms with Crippen LogP contribution >= 0.6 is 63.7 Å². The van der Waals surface area contributed by atoms with Gasteiger partial charge in [-0.25, -0.2) is 0 Å². The molecular formula is C9H10Br4O2. The van der Waals surface area contributed by atoms with Gasteiger partial charge >= 0.3 is 0 Å². The molecule has 0 fully saturated rings. The third-order valence-electron chi connectivity index (χ3n) is 2.16. The van der Waals surface area contributed by atoms with E-state index in [1.807, 2.05) is 13.8 Å². The first kappa shape index (κ1) is 14.4. The van der Waals surface area contributed by atoms with Gasteiger partial charge in [-0.1, -0.05) is 45.7 Å². The molecule has 6 heteroatoms. The fourth-order valence-corrected chi connectivity index (χ4v) is 4.77. The minimum absolute atomic E-state index is 0.275. The molecule has 0 aromatic rings. The lowest BCUT2D eigenvalue weighted by molar-refractivity contribution is -0.113. The maximum absolute atomic E-state index is 9.86. The smallest absolute Gasteiger partial charge is 0.215 e. The minimum Gasteiger partial charge on any atom is -0.360 e. The fourth-order valence-electron chi connectivity index (χ4n) is 1.34. The van der Waals surface area contributed by atoms with Crippen LogP contribution in [0.5, 0.6) is 0 Å². The Morgan fingerprint density at radius 2 is 1.67 bits per heavy atom. The molecule has 0 aromatic carbocycles. The summed E-state index contributed by atoms with van der Waals surface area (Å²) in [5, 5.41) is 19.7. The highest BCUT2D eigenvalue weighted by Gasteiger charge is 2.44. The van der Waals surface area contributed by atoms with E-state index < -0.39 is 10.6 Å². The average molecular weight is 470 g/mol. The molecule has 2 nitrogen and oxygen atoms in total. The SMILES string of the molecule is CC(C)C1=C(Br)C(Br)C(O)(O)C(Br)=C1Br. The van der Waals surface area contributed by atoms with E-state index in [1.165, 1.54) is 0 Å². The second-order valence-electron chi connectivity index (χ2n) is 3.63. The van der Waals surface area contributed by atoms with Gasteiger partial charge in [-0.2, -0.15) is 0 Å². The van der Waals surface area contributed by atoms with Crippen molar-refractivity contribution < 1.29 is 10.2 Å². The zero-order valence-corrected chi connectivity index (χ0v) is 14.4. The van der Waals surface area contributed by atoms with Crippen molar-refractivity contribution in [2.45, 2.75) is 24.5 Å². The number of allylic oxidation sites excluding steroid dienone is 2. The molecule has 0 spiro atoms. The predicted octanol–water partition coefficient (Wildman–Crippen LogP) is 3.75. The van der Waals surface area contributed by atoms with Crippen molar-refractivity contribution in [1.29, 1.82) is 0 Å². The van der Waals surface area contributed by atoms with Gasteiger partial charge in [-0.15, -0.1) is 0 Å². The van der Waals surface area contributed by atoms with Gasteiger partial charge in [-0.05, 0) is 43.4 Å². The van der Waals surface area contributed by atoms with E-state index in [1.54, 1.807) is 0 Å². The summed E-state index contributed by atoms with van der Waals surface area (Å²) in [5.74, 6) is -1.66. The fraction of sp³-hybridized carbons (Fsp3) is 0.556. The summed E-state index contributed by atoms with van der Waals surface area (Å²) in [4.78, 5) is -0.571. The molecule has 2 N–H and O–H groups in total. The Morgan fingerprint density at radius 1 is 1.20 bits per heavy atom. The summed E-state index contributed by atoms with van der Waals surface area (Å²) >= 11 is 13.2. The first-order chi connectivity index (χ1) is 6.71. The van der Waals surface area contributed by atoms with Gasteiger partial charge in [-0.3, -0.25) is 0 Å². The summed E-state index contributed by atoms with van der Waals surface area (Å²) in [6, 6.07) is 0. The van der Waals surface area contributed by atoms with Gasteiger partial charge in [0.1, 0.15) is 4.83 Å². The highest BCUT2D eigenvalue weighted by molar-refractivity contribution is 9.15. The van der Waals surface area contributed by atoms with Crippen LogP contribution < -0.4 is 0 Å². The third kappa shape index (κ3) is 2.45. The molecule has 0 aliphatic heterocycles. The Labute approximate surface area is 122 Å². The van der Waals surface area contributed by atoms with Crippen LogP contribution in [-0.2, 0) is 0 Å². The Kier molecular flexibility index (Phi) is 4.70. The van der Waals surface area contributed by atoms with Crippen molar-refractivity contribution in [2.24, 2.45) is 5.92 Å². The van der Waals surface area contributed by atoms with Crippen LogP contribution in [0.25, 0.3) is 0 Å². The molecular weight excluding hydrogens is 460 g/mol. The third-order valence-corrected chi connectivity index (χ3v) is 7.09. The molecule has 0 radical (unpaired) electrons. The normalized spacial score (nSPS) is 26.6. The van der Waals surface area contributed by atoms with E-state index in [2.05, 4.69) is 63.7 Å². The van der Waals surface area contributed by atoms with E-state index in [-0.39, 0.29) is 5.92 Å². The highest BCUT2D eigenvalue weighted by Crippen LogP contribution is 2.48. The molecule has 1 aliphatic carbocycles. The van der Waals surface area contributed by atoms with Crippen LogP contribution in [0.1, 0.15) is 13.8 Å². The Bertz CT molecular complexity index is 344. The van der Waals surface area contributed by atoms with Crippen LogP contribution in [0, 0.1) is 5.92 Å². The summed E-state index contributed by atoms with van der Waals surface area (Å²) in [6.07, 6.45) is 0. The molecule has 0 amide bonds. The quantitative estimate of drug-likeness (QED) is 0.454. The monoisotopic (exact) mass is 466 g/mol. The Hall–Kier alpha value is 1.32. The molecule has 1 unspecified atom stereocenters. The van der Waals surface area contributed by atoms with Crippen molar-refractivity contribution in [3.8, 4) is 0 Å². The first-order valence-electron chi connectivity index (χ1n) is 4.25. The zero-order chi connectivity index (χ0) is 12.0. The standard InChI is InChI=1S/C9H10Br4O2/c1-3(2)4-5(10)7(12)9(14,15)8(13)6(4)11/h3,7,14-15H,1-2H3. The van der Waals surface area contributed by atoms with Crippen molar-refractivity contribution in [3.63, 3.8) is 0 Å². The second kappa shape index (κ2) is 4.90. The van der Waals surface area contributed by atoms with E-state index in [9.17, 15) is 10.2 Å². The van der Waals surface area contributed by atoms with E-state index >= 15 is 0 Å². The highest BCUT2D eigenvalue weighted by atomic mass is 79.9. The number of alkyl halides is 1. The topological polar surface area (TPSA) is 40.5 Å². The zero-order valence-electron chi connectivity index (χ0n) is 8.06. The van der Waals surface area contributed by atoms with Gasteiger partial charge < -0.3 is 10.2 Å². The van der Waals surface area contributed by atoms with Gasteiger partial charge in [0.05, 0.1) is 4.48 Å². The second-order valence-corrected chi connectivity index (χ2v) is 6.99. The molecule has 0 saturated carbocycles. The Balaban J connectivity index is 3.38. The molecule has 15 heavy (non-hydrogen) atoms. The van der Waals surface area contributed by atoms with Crippen LogP contribution in [0.4, 0.5) is 0 Å². The van der Waals surface area contributed by atoms with Gasteiger partial charge in [0.15, 0.2) is 0 Å². The summed E-state index contributed by atoms with van der Waals surface area (Å²) in [7, 11) is 0. The van der Waals surface area contributed by atoms with Crippen molar-refractivity contribution in [3.05, 3.63) is 19.0 Å². The molecule has 1 rings (SSSR count). The average Bonchev–Trinajstić information content (AvgIpc) is 2.12. The maximum Gasteiger partial charge on any atom is 0.215 e. The summed E-state index contributed by atoms with van der Waals surface area (Å²) < 4.78 is 1.77. The van der Waals surface area contributed by atoms with Gasteiger partial charge in [0.2, 0.25) is 5.79 Å². The van der Waals surface area contributed by atoms with Crippen LogP contribution in [-0.4, -0.2) is 20.8 Å². The van der Waals surface area contributed by atoms with Gasteiger partial charge in [0.25, 0.3) is 0 Å². The first-order valence-corrected chi connectivity index (χ1v) is 7.55. The van der Waals surface area contributed by atoms with E-state index in [0.717, 1.165) is 10.1 Å². The van der Waals surface area contributed by atoms with E-state index in [4.69, 9.17) is 0 Å². The van der Waals surface area contributed by atoms with Gasteiger partial charge in [0, 0.05) is 8.96 Å². The number of hydrogen-bond acceptors (Lipinski definition) is 2. The van der Waals surface area contributed by atoms with Crippen molar-refractivity contribution >= 4 is 63.7 Å². The number of aliphatic hydroxyl groups is 2. The number of halogens is 4. The molecule has 0 heterocycles. The van der Waals surface area contributed by atoms with Crippen LogP contribution in [0.2, 0.25) is 0 Å². The minimum atomic E-state index is -1.93. The van der Waals surface area contributed by atoms with Crippen molar-refractivity contribution in [1.82, 2.24) is 0 Å². The largest absolute Gasteiger partial charge is 0.360 e. The van der Waals surface area contributed by atoms with Crippen LogP contribution in [0.3, 0.4) is 0 Å². The summed E-state index contributed by atoms with van der Waals surface area (Å²) in [6.45, 7) is 4.08. The van der Waals surface area contributed by atoms with Crippen molar-refractivity contribution in [2.75, 3.05) is 0 Å². The molecule has 0 aromatic heterocycles. The number of hydrogen-bond donors (Lipinski definition) is 2. The summed E-state index contributed by atoms with van der Waals surface area (Å²) in [5.41, 5.74) is 1.02. The predicted molar refractivity (Wildman–Crippen MR) is 75.6 cm³/mol. The molecule has 1 atom stereocenters. The lowest BCUT2D eigenvalue weighted by atomic mass is 9.94. The molecule has 0 saturated heterocycles.